The average Bonchev–Trinajstić information content (AvgIpc) is 3.20. The van der Waals surface area contributed by atoms with Crippen LogP contribution in [0.3, 0.4) is 0 Å². The molecule has 6 heteroatoms. The fourth-order valence-corrected chi connectivity index (χ4v) is 5.08. The van der Waals surface area contributed by atoms with Crippen molar-refractivity contribution < 1.29 is 14.4 Å². The van der Waals surface area contributed by atoms with E-state index in [9.17, 15) is 14.4 Å². The molecule has 0 spiro atoms. The van der Waals surface area contributed by atoms with Crippen molar-refractivity contribution in [3.8, 4) is 0 Å². The van der Waals surface area contributed by atoms with Crippen molar-refractivity contribution in [2.24, 2.45) is 5.92 Å². The number of nitrogens with one attached hydrogen (secondary N) is 2. The van der Waals surface area contributed by atoms with Crippen LogP contribution in [0.5, 0.6) is 0 Å². The van der Waals surface area contributed by atoms with E-state index in [1.807, 2.05) is 42.2 Å². The Morgan fingerprint density at radius 2 is 1.71 bits per heavy atom. The maximum Gasteiger partial charge on any atom is 0.254 e. The van der Waals surface area contributed by atoms with Crippen LogP contribution in [0.1, 0.15) is 58.4 Å². The third kappa shape index (κ3) is 4.07. The number of carbonyl (C=O) groups is 3. The SMILES string of the molecule is CNC(=O)c1cccc(NC(=O)C2CC3CCCCC3N2C(=O)c2ccccc2)c1C. The first kappa shape index (κ1) is 21.1. The van der Waals surface area contributed by atoms with Crippen LogP contribution in [0.2, 0.25) is 0 Å². The highest BCUT2D eigenvalue weighted by atomic mass is 16.2. The van der Waals surface area contributed by atoms with E-state index in [4.69, 9.17) is 0 Å². The van der Waals surface area contributed by atoms with E-state index >= 15 is 0 Å². The van der Waals surface area contributed by atoms with Gasteiger partial charge in [0.15, 0.2) is 0 Å². The van der Waals surface area contributed by atoms with Gasteiger partial charge in [0.25, 0.3) is 11.8 Å². The van der Waals surface area contributed by atoms with Crippen molar-refractivity contribution in [2.75, 3.05) is 12.4 Å². The molecule has 2 fully saturated rings. The molecule has 3 amide bonds. The van der Waals surface area contributed by atoms with Gasteiger partial charge < -0.3 is 15.5 Å². The van der Waals surface area contributed by atoms with Crippen LogP contribution in [0, 0.1) is 12.8 Å². The molecule has 1 saturated heterocycles. The molecule has 1 aliphatic carbocycles. The van der Waals surface area contributed by atoms with Crippen LogP contribution in [-0.4, -0.2) is 41.8 Å². The number of benzene rings is 2. The van der Waals surface area contributed by atoms with Crippen LogP contribution in [-0.2, 0) is 4.79 Å². The number of anilines is 1. The van der Waals surface area contributed by atoms with Crippen molar-refractivity contribution in [1.29, 1.82) is 0 Å². The maximum atomic E-state index is 13.4. The largest absolute Gasteiger partial charge is 0.355 e. The molecule has 31 heavy (non-hydrogen) atoms. The highest BCUT2D eigenvalue weighted by Gasteiger charge is 2.47. The van der Waals surface area contributed by atoms with Gasteiger partial charge in [-0.15, -0.1) is 0 Å². The second-order valence-corrected chi connectivity index (χ2v) is 8.49. The smallest absolute Gasteiger partial charge is 0.254 e. The lowest BCUT2D eigenvalue weighted by molar-refractivity contribution is -0.120. The standard InChI is InChI=1S/C25H29N3O3/c1-16-19(23(29)26-2)12-8-13-20(16)27-24(30)22-15-18-11-6-7-14-21(18)28(22)25(31)17-9-4-3-5-10-17/h3-5,8-10,12-13,18,21-22H,6-7,11,14-15H2,1-2H3,(H,26,29)(H,27,30). The summed E-state index contributed by atoms with van der Waals surface area (Å²) in [5.41, 5.74) is 2.46. The Hall–Kier alpha value is -3.15. The molecule has 0 bridgehead atoms. The quantitative estimate of drug-likeness (QED) is 0.792. The predicted octanol–water partition coefficient (Wildman–Crippen LogP) is 3.77. The first-order chi connectivity index (χ1) is 15.0. The number of hydrogen-bond acceptors (Lipinski definition) is 3. The normalized spacial score (nSPS) is 22.5. The monoisotopic (exact) mass is 419 g/mol. The molecule has 3 atom stereocenters. The predicted molar refractivity (Wildman–Crippen MR) is 120 cm³/mol. The lowest BCUT2D eigenvalue weighted by atomic mass is 9.84. The second-order valence-electron chi connectivity index (χ2n) is 8.49. The molecule has 6 nitrogen and oxygen atoms in total. The zero-order valence-corrected chi connectivity index (χ0v) is 18.1. The van der Waals surface area contributed by atoms with E-state index < -0.39 is 6.04 Å². The molecule has 2 aromatic carbocycles. The summed E-state index contributed by atoms with van der Waals surface area (Å²) in [7, 11) is 1.58. The van der Waals surface area contributed by atoms with Gasteiger partial charge in [-0.2, -0.15) is 0 Å². The number of amides is 3. The number of carbonyl (C=O) groups excluding carboxylic acids is 3. The molecule has 2 aliphatic rings. The third-order valence-electron chi connectivity index (χ3n) is 6.71. The van der Waals surface area contributed by atoms with Gasteiger partial charge in [0.2, 0.25) is 5.91 Å². The minimum atomic E-state index is -0.510. The van der Waals surface area contributed by atoms with E-state index in [0.717, 1.165) is 25.7 Å². The van der Waals surface area contributed by atoms with E-state index in [0.29, 0.717) is 34.7 Å². The van der Waals surface area contributed by atoms with Crippen molar-refractivity contribution in [3.63, 3.8) is 0 Å². The molecule has 0 radical (unpaired) electrons. The van der Waals surface area contributed by atoms with Gasteiger partial charge in [-0.25, -0.2) is 0 Å². The Morgan fingerprint density at radius 1 is 0.968 bits per heavy atom. The highest BCUT2D eigenvalue weighted by molar-refractivity contribution is 6.03. The van der Waals surface area contributed by atoms with Crippen LogP contribution < -0.4 is 10.6 Å². The zero-order valence-electron chi connectivity index (χ0n) is 18.1. The van der Waals surface area contributed by atoms with E-state index in [2.05, 4.69) is 10.6 Å². The molecule has 162 valence electrons. The summed E-state index contributed by atoms with van der Waals surface area (Å²) in [4.78, 5) is 40.8. The third-order valence-corrected chi connectivity index (χ3v) is 6.71. The van der Waals surface area contributed by atoms with Gasteiger partial charge in [-0.1, -0.05) is 37.1 Å². The summed E-state index contributed by atoms with van der Waals surface area (Å²) in [6.45, 7) is 1.82. The van der Waals surface area contributed by atoms with Gasteiger partial charge in [0, 0.05) is 29.9 Å². The number of hydrogen-bond donors (Lipinski definition) is 2. The summed E-state index contributed by atoms with van der Waals surface area (Å²) < 4.78 is 0. The molecular formula is C25H29N3O3. The van der Waals surface area contributed by atoms with Gasteiger partial charge in [0.1, 0.15) is 6.04 Å². The molecule has 2 aromatic rings. The Balaban J connectivity index is 1.61. The van der Waals surface area contributed by atoms with Crippen LogP contribution in [0.15, 0.2) is 48.5 Å². The number of nitrogens with zero attached hydrogens (tertiary/aromatic N) is 1. The van der Waals surface area contributed by atoms with E-state index in [-0.39, 0.29) is 23.8 Å². The van der Waals surface area contributed by atoms with Crippen molar-refractivity contribution in [3.05, 3.63) is 65.2 Å². The summed E-state index contributed by atoms with van der Waals surface area (Å²) >= 11 is 0. The Bertz CT molecular complexity index is 989. The molecular weight excluding hydrogens is 390 g/mol. The summed E-state index contributed by atoms with van der Waals surface area (Å²) in [5.74, 6) is -0.0985. The molecule has 0 aromatic heterocycles. The van der Waals surface area contributed by atoms with Crippen LogP contribution in [0.4, 0.5) is 5.69 Å². The second kappa shape index (κ2) is 8.92. The lowest BCUT2D eigenvalue weighted by Gasteiger charge is -2.33. The molecule has 1 aliphatic heterocycles. The first-order valence-corrected chi connectivity index (χ1v) is 11.0. The molecule has 1 saturated carbocycles. The summed E-state index contributed by atoms with van der Waals surface area (Å²) in [6.07, 6.45) is 4.91. The minimum Gasteiger partial charge on any atom is -0.355 e. The highest BCUT2D eigenvalue weighted by Crippen LogP contribution is 2.41. The van der Waals surface area contributed by atoms with Crippen LogP contribution in [0.25, 0.3) is 0 Å². The first-order valence-electron chi connectivity index (χ1n) is 11.0. The van der Waals surface area contributed by atoms with Gasteiger partial charge in [-0.3, -0.25) is 14.4 Å². The van der Waals surface area contributed by atoms with Crippen molar-refractivity contribution >= 4 is 23.4 Å². The zero-order chi connectivity index (χ0) is 22.0. The van der Waals surface area contributed by atoms with E-state index in [1.165, 1.54) is 0 Å². The van der Waals surface area contributed by atoms with Crippen LogP contribution >= 0.6 is 0 Å². The number of rotatable bonds is 4. The maximum absolute atomic E-state index is 13.4. The molecule has 1 heterocycles. The molecule has 3 unspecified atom stereocenters. The van der Waals surface area contributed by atoms with E-state index in [1.54, 1.807) is 25.2 Å². The van der Waals surface area contributed by atoms with Crippen molar-refractivity contribution in [1.82, 2.24) is 10.2 Å². The lowest BCUT2D eigenvalue weighted by Crippen LogP contribution is -2.47. The Labute approximate surface area is 183 Å². The number of likely N-dealkylation sites (tertiary alicyclic amines) is 1. The fraction of sp³-hybridized carbons (Fsp3) is 0.400. The van der Waals surface area contributed by atoms with Gasteiger partial charge in [-0.05, 0) is 61.9 Å². The minimum absolute atomic E-state index is 0.0778. The average molecular weight is 420 g/mol. The topological polar surface area (TPSA) is 78.5 Å². The summed E-state index contributed by atoms with van der Waals surface area (Å²) in [6, 6.07) is 14.1. The van der Waals surface area contributed by atoms with Crippen molar-refractivity contribution in [2.45, 2.75) is 51.1 Å². The fourth-order valence-electron chi connectivity index (χ4n) is 5.08. The Kier molecular flexibility index (Phi) is 6.07. The van der Waals surface area contributed by atoms with Gasteiger partial charge in [0.05, 0.1) is 0 Å². The summed E-state index contributed by atoms with van der Waals surface area (Å²) in [5, 5.41) is 5.63. The molecule has 2 N–H and O–H groups in total. The van der Waals surface area contributed by atoms with Gasteiger partial charge >= 0.3 is 0 Å². The number of fused-ring (bicyclic) bond motifs is 1. The Morgan fingerprint density at radius 3 is 2.45 bits per heavy atom. The molecule has 4 rings (SSSR count).